The molecule has 1 aromatic carbocycles. The summed E-state index contributed by atoms with van der Waals surface area (Å²) in [4.78, 5) is 0. The molecular formula is C20H36BrN. The van der Waals surface area contributed by atoms with Gasteiger partial charge in [-0.05, 0) is 31.5 Å². The first kappa shape index (κ1) is 21.7. The summed E-state index contributed by atoms with van der Waals surface area (Å²) in [5.41, 5.74) is 1.44. The summed E-state index contributed by atoms with van der Waals surface area (Å²) in [6.07, 6.45) is 15.3. The van der Waals surface area contributed by atoms with Crippen molar-refractivity contribution in [1.29, 1.82) is 0 Å². The van der Waals surface area contributed by atoms with E-state index >= 15 is 0 Å². The normalized spacial score (nSPS) is 10.4. The highest BCUT2D eigenvalue weighted by atomic mass is 79.9. The lowest BCUT2D eigenvalue weighted by atomic mass is 10.1. The van der Waals surface area contributed by atoms with Crippen LogP contribution in [0, 0.1) is 0 Å². The summed E-state index contributed by atoms with van der Waals surface area (Å²) < 4.78 is 0. The van der Waals surface area contributed by atoms with Crippen LogP contribution in [0.3, 0.4) is 0 Å². The molecule has 22 heavy (non-hydrogen) atoms. The van der Waals surface area contributed by atoms with Crippen molar-refractivity contribution in [3.8, 4) is 0 Å². The molecule has 0 fully saturated rings. The molecule has 1 N–H and O–H groups in total. The van der Waals surface area contributed by atoms with Gasteiger partial charge in [0.05, 0.1) is 0 Å². The summed E-state index contributed by atoms with van der Waals surface area (Å²) in [7, 11) is 0. The van der Waals surface area contributed by atoms with Crippen LogP contribution in [0.15, 0.2) is 30.3 Å². The molecule has 0 saturated heterocycles. The van der Waals surface area contributed by atoms with E-state index in [0.717, 1.165) is 13.0 Å². The predicted molar refractivity (Wildman–Crippen MR) is 105 cm³/mol. The maximum Gasteiger partial charge on any atom is -0.000835 e. The summed E-state index contributed by atoms with van der Waals surface area (Å²) in [5, 5.41) is 3.56. The third-order valence-electron chi connectivity index (χ3n) is 4.14. The third kappa shape index (κ3) is 13.3. The molecule has 1 aromatic rings. The summed E-state index contributed by atoms with van der Waals surface area (Å²) in [6, 6.07) is 10.8. The molecule has 0 aliphatic rings. The van der Waals surface area contributed by atoms with Crippen molar-refractivity contribution < 1.29 is 0 Å². The van der Waals surface area contributed by atoms with Gasteiger partial charge in [0.2, 0.25) is 0 Å². The van der Waals surface area contributed by atoms with Gasteiger partial charge in [0.1, 0.15) is 0 Å². The maximum atomic E-state index is 3.56. The summed E-state index contributed by atoms with van der Waals surface area (Å²) in [6.45, 7) is 4.58. The Morgan fingerprint density at radius 2 is 1.23 bits per heavy atom. The second kappa shape index (κ2) is 17.0. The Morgan fingerprint density at radius 1 is 0.682 bits per heavy atom. The molecule has 1 rings (SSSR count). The van der Waals surface area contributed by atoms with E-state index in [9.17, 15) is 0 Å². The first-order valence-corrected chi connectivity index (χ1v) is 9.18. The lowest BCUT2D eigenvalue weighted by Crippen LogP contribution is -2.18. The lowest BCUT2D eigenvalue weighted by molar-refractivity contribution is 0.544. The minimum absolute atomic E-state index is 0. The van der Waals surface area contributed by atoms with E-state index in [2.05, 4.69) is 42.6 Å². The van der Waals surface area contributed by atoms with Crippen LogP contribution in [0.5, 0.6) is 0 Å². The second-order valence-electron chi connectivity index (χ2n) is 6.17. The van der Waals surface area contributed by atoms with Crippen LogP contribution in [0.4, 0.5) is 0 Å². The molecule has 1 nitrogen and oxygen atoms in total. The number of halogens is 1. The molecule has 0 spiro atoms. The van der Waals surface area contributed by atoms with Crippen LogP contribution in [-0.4, -0.2) is 13.1 Å². The molecule has 0 atom stereocenters. The molecule has 128 valence electrons. The predicted octanol–water partition coefficient (Wildman–Crippen LogP) is 6.32. The Bertz CT molecular complexity index is 313. The monoisotopic (exact) mass is 369 g/mol. The Kier molecular flexibility index (Phi) is 16.8. The lowest BCUT2D eigenvalue weighted by Gasteiger charge is -2.05. The van der Waals surface area contributed by atoms with Crippen molar-refractivity contribution in [3.05, 3.63) is 35.9 Å². The van der Waals surface area contributed by atoms with E-state index in [1.807, 2.05) is 0 Å². The van der Waals surface area contributed by atoms with E-state index in [1.165, 1.54) is 76.3 Å². The molecule has 0 aliphatic heterocycles. The molecule has 0 saturated carbocycles. The van der Waals surface area contributed by atoms with E-state index in [-0.39, 0.29) is 17.0 Å². The highest BCUT2D eigenvalue weighted by Gasteiger charge is 1.94. The second-order valence-corrected chi connectivity index (χ2v) is 6.17. The number of hydrogen-bond acceptors (Lipinski definition) is 1. The topological polar surface area (TPSA) is 12.0 Å². The van der Waals surface area contributed by atoms with Gasteiger partial charge in [0.15, 0.2) is 0 Å². The van der Waals surface area contributed by atoms with E-state index in [0.29, 0.717) is 0 Å². The van der Waals surface area contributed by atoms with Crippen molar-refractivity contribution in [3.63, 3.8) is 0 Å². The zero-order valence-electron chi connectivity index (χ0n) is 14.5. The highest BCUT2D eigenvalue weighted by Crippen LogP contribution is 2.10. The van der Waals surface area contributed by atoms with E-state index in [4.69, 9.17) is 0 Å². The van der Waals surface area contributed by atoms with Gasteiger partial charge in [0, 0.05) is 0 Å². The van der Waals surface area contributed by atoms with Crippen LogP contribution in [0.2, 0.25) is 0 Å². The van der Waals surface area contributed by atoms with Crippen LogP contribution in [0.1, 0.15) is 76.7 Å². The zero-order chi connectivity index (χ0) is 15.0. The number of unbranched alkanes of at least 4 members (excludes halogenated alkanes) is 9. The zero-order valence-corrected chi connectivity index (χ0v) is 16.2. The highest BCUT2D eigenvalue weighted by molar-refractivity contribution is 8.93. The SMILES string of the molecule is Br.CCCCCCCCCCCCNCCc1ccccc1. The largest absolute Gasteiger partial charge is 0.316 e. The number of hydrogen-bond donors (Lipinski definition) is 1. The first-order valence-electron chi connectivity index (χ1n) is 9.18. The van der Waals surface area contributed by atoms with Gasteiger partial charge in [-0.2, -0.15) is 0 Å². The maximum absolute atomic E-state index is 3.56. The van der Waals surface area contributed by atoms with Crippen molar-refractivity contribution in [2.45, 2.75) is 77.6 Å². The molecule has 0 radical (unpaired) electrons. The Morgan fingerprint density at radius 3 is 1.82 bits per heavy atom. The average Bonchev–Trinajstić information content (AvgIpc) is 2.53. The molecule has 0 bridgehead atoms. The van der Waals surface area contributed by atoms with Gasteiger partial charge in [-0.3, -0.25) is 0 Å². The Balaban J connectivity index is 0.00000441. The van der Waals surface area contributed by atoms with Crippen LogP contribution >= 0.6 is 17.0 Å². The molecule has 0 aromatic heterocycles. The average molecular weight is 370 g/mol. The fourth-order valence-corrected chi connectivity index (χ4v) is 2.74. The van der Waals surface area contributed by atoms with E-state index < -0.39 is 0 Å². The van der Waals surface area contributed by atoms with Gasteiger partial charge >= 0.3 is 0 Å². The van der Waals surface area contributed by atoms with Crippen molar-refractivity contribution >= 4 is 17.0 Å². The van der Waals surface area contributed by atoms with Crippen molar-refractivity contribution in [2.24, 2.45) is 0 Å². The van der Waals surface area contributed by atoms with Gasteiger partial charge in [-0.1, -0.05) is 95.0 Å². The van der Waals surface area contributed by atoms with Gasteiger partial charge in [-0.25, -0.2) is 0 Å². The van der Waals surface area contributed by atoms with Gasteiger partial charge < -0.3 is 5.32 Å². The van der Waals surface area contributed by atoms with Crippen LogP contribution in [0.25, 0.3) is 0 Å². The van der Waals surface area contributed by atoms with E-state index in [1.54, 1.807) is 0 Å². The fraction of sp³-hybridized carbons (Fsp3) is 0.700. The number of rotatable bonds is 14. The number of nitrogens with one attached hydrogen (secondary N) is 1. The smallest absolute Gasteiger partial charge is 0.000835 e. The van der Waals surface area contributed by atoms with Gasteiger partial charge in [-0.15, -0.1) is 17.0 Å². The summed E-state index contributed by atoms with van der Waals surface area (Å²) >= 11 is 0. The molecule has 0 heterocycles. The standard InChI is InChI=1S/C20H35N.BrH/c1-2-3-4-5-6-7-8-9-10-14-18-21-19-17-20-15-12-11-13-16-20;/h11-13,15-16,21H,2-10,14,17-19H2,1H3;1H. The molecule has 0 amide bonds. The minimum atomic E-state index is 0. The summed E-state index contributed by atoms with van der Waals surface area (Å²) in [5.74, 6) is 0. The van der Waals surface area contributed by atoms with Crippen molar-refractivity contribution in [2.75, 3.05) is 13.1 Å². The van der Waals surface area contributed by atoms with Crippen LogP contribution < -0.4 is 5.32 Å². The number of benzene rings is 1. The first-order chi connectivity index (χ1) is 10.4. The Hall–Kier alpha value is -0.340. The molecule has 0 aliphatic carbocycles. The fourth-order valence-electron chi connectivity index (χ4n) is 2.74. The van der Waals surface area contributed by atoms with Gasteiger partial charge in [0.25, 0.3) is 0 Å². The Labute approximate surface area is 149 Å². The minimum Gasteiger partial charge on any atom is -0.316 e. The molecular weight excluding hydrogens is 334 g/mol. The quantitative estimate of drug-likeness (QED) is 0.378. The van der Waals surface area contributed by atoms with Crippen molar-refractivity contribution in [1.82, 2.24) is 5.32 Å². The third-order valence-corrected chi connectivity index (χ3v) is 4.14. The molecule has 2 heteroatoms. The molecule has 0 unspecified atom stereocenters. The van der Waals surface area contributed by atoms with Crippen LogP contribution in [-0.2, 0) is 6.42 Å².